The average Bonchev–Trinajstić information content (AvgIpc) is 3.07. The van der Waals surface area contributed by atoms with Crippen molar-refractivity contribution in [1.29, 1.82) is 0 Å². The Morgan fingerprint density at radius 2 is 2.17 bits per heavy atom. The van der Waals surface area contributed by atoms with Crippen LogP contribution in [0.4, 0.5) is 11.4 Å². The van der Waals surface area contributed by atoms with Crippen LogP contribution >= 0.6 is 23.5 Å². The van der Waals surface area contributed by atoms with Gasteiger partial charge in [-0.05, 0) is 12.1 Å². The first-order valence-electron chi connectivity index (χ1n) is 8.85. The predicted octanol–water partition coefficient (Wildman–Crippen LogP) is 2.57. The van der Waals surface area contributed by atoms with Crippen molar-refractivity contribution in [1.82, 2.24) is 9.55 Å². The van der Waals surface area contributed by atoms with Gasteiger partial charge in [0.05, 0.1) is 34.4 Å². The molecule has 0 fully saturated rings. The average molecular weight is 437 g/mol. The number of rotatable bonds is 8. The molecule has 1 aromatic heterocycles. The Labute approximate surface area is 175 Å². The number of carbonyl (C=O) groups is 1. The maximum atomic E-state index is 12.8. The van der Waals surface area contributed by atoms with Crippen molar-refractivity contribution in [2.75, 3.05) is 24.8 Å². The minimum absolute atomic E-state index is 0.0472. The first kappa shape index (κ1) is 21.3. The zero-order valence-electron chi connectivity index (χ0n) is 15.9. The summed E-state index contributed by atoms with van der Waals surface area (Å²) in [4.78, 5) is 40.6. The van der Waals surface area contributed by atoms with Gasteiger partial charge in [-0.15, -0.1) is 11.8 Å². The lowest BCUT2D eigenvalue weighted by atomic mass is 10.2. The molecule has 11 heteroatoms. The number of amides is 1. The number of hydrogen-bond acceptors (Lipinski definition) is 8. The highest BCUT2D eigenvalue weighted by molar-refractivity contribution is 8.00. The van der Waals surface area contributed by atoms with Crippen LogP contribution in [0.5, 0.6) is 0 Å². The molecule has 1 amide bonds. The molecule has 0 saturated heterocycles. The van der Waals surface area contributed by atoms with Crippen LogP contribution < -0.4 is 10.9 Å². The molecule has 0 spiro atoms. The van der Waals surface area contributed by atoms with Gasteiger partial charge in [0.15, 0.2) is 5.16 Å². The van der Waals surface area contributed by atoms with E-state index in [2.05, 4.69) is 17.2 Å². The van der Waals surface area contributed by atoms with Gasteiger partial charge in [-0.3, -0.25) is 24.3 Å². The van der Waals surface area contributed by atoms with Crippen molar-refractivity contribution < 1.29 is 14.5 Å². The lowest BCUT2D eigenvalue weighted by molar-refractivity contribution is -0.384. The predicted molar refractivity (Wildman–Crippen MR) is 112 cm³/mol. The third kappa shape index (κ3) is 5.17. The fourth-order valence-corrected chi connectivity index (χ4v) is 4.77. The Hall–Kier alpha value is -2.37. The van der Waals surface area contributed by atoms with E-state index in [0.29, 0.717) is 34.1 Å². The molecule has 1 aliphatic heterocycles. The quantitative estimate of drug-likeness (QED) is 0.290. The highest BCUT2D eigenvalue weighted by atomic mass is 32.2. The number of nitro groups is 1. The van der Waals surface area contributed by atoms with E-state index in [0.717, 1.165) is 12.1 Å². The number of nitrogens with zero attached hydrogens (tertiary/aromatic N) is 3. The van der Waals surface area contributed by atoms with Crippen molar-refractivity contribution in [2.45, 2.75) is 35.2 Å². The summed E-state index contributed by atoms with van der Waals surface area (Å²) in [6.07, 6.45) is 0.725. The highest BCUT2D eigenvalue weighted by Crippen LogP contribution is 2.34. The third-order valence-corrected chi connectivity index (χ3v) is 6.37. The number of non-ortho nitro benzene ring substituents is 1. The largest absolute Gasteiger partial charge is 0.383 e. The Morgan fingerprint density at radius 3 is 2.83 bits per heavy atom. The van der Waals surface area contributed by atoms with Crippen LogP contribution in [0, 0.1) is 10.1 Å². The molecule has 0 saturated carbocycles. The van der Waals surface area contributed by atoms with E-state index in [1.807, 2.05) is 0 Å². The summed E-state index contributed by atoms with van der Waals surface area (Å²) in [5, 5.41) is 14.2. The highest BCUT2D eigenvalue weighted by Gasteiger charge is 2.26. The van der Waals surface area contributed by atoms with Crippen LogP contribution in [-0.4, -0.2) is 45.1 Å². The summed E-state index contributed by atoms with van der Waals surface area (Å²) in [5.41, 5.74) is 1.10. The molecule has 2 aromatic rings. The van der Waals surface area contributed by atoms with Gasteiger partial charge in [0.1, 0.15) is 0 Å². The van der Waals surface area contributed by atoms with E-state index in [4.69, 9.17) is 4.74 Å². The molecule has 1 aliphatic rings. The Morgan fingerprint density at radius 1 is 1.45 bits per heavy atom. The minimum Gasteiger partial charge on any atom is -0.383 e. The Balaban J connectivity index is 1.71. The van der Waals surface area contributed by atoms with Gasteiger partial charge in [-0.25, -0.2) is 4.98 Å². The fourth-order valence-electron chi connectivity index (χ4n) is 2.81. The topological polar surface area (TPSA) is 116 Å². The normalized spacial score (nSPS) is 15.2. The molecule has 3 rings (SSSR count). The second-order valence-electron chi connectivity index (χ2n) is 6.39. The minimum atomic E-state index is -0.501. The molecule has 1 aromatic carbocycles. The lowest BCUT2D eigenvalue weighted by Gasteiger charge is -2.13. The maximum Gasteiger partial charge on any atom is 0.269 e. The van der Waals surface area contributed by atoms with Crippen LogP contribution in [0.25, 0.3) is 0 Å². The van der Waals surface area contributed by atoms with Crippen LogP contribution in [-0.2, 0) is 22.5 Å². The Kier molecular flexibility index (Phi) is 6.93. The van der Waals surface area contributed by atoms with Gasteiger partial charge in [-0.2, -0.15) is 0 Å². The number of aromatic nitrogens is 2. The van der Waals surface area contributed by atoms with E-state index in [1.54, 1.807) is 11.7 Å². The molecule has 0 radical (unpaired) electrons. The number of anilines is 1. The summed E-state index contributed by atoms with van der Waals surface area (Å²) < 4.78 is 6.65. The number of nitro benzene ring substituents is 1. The van der Waals surface area contributed by atoms with E-state index in [1.165, 1.54) is 47.8 Å². The molecule has 2 heterocycles. The fraction of sp³-hybridized carbons (Fsp3) is 0.389. The number of hydrogen-bond donors (Lipinski definition) is 1. The van der Waals surface area contributed by atoms with E-state index in [9.17, 15) is 19.7 Å². The Bertz CT molecular complexity index is 977. The molecule has 154 valence electrons. The van der Waals surface area contributed by atoms with Crippen molar-refractivity contribution in [3.8, 4) is 0 Å². The third-order valence-electron chi connectivity index (χ3n) is 4.18. The first-order valence-corrected chi connectivity index (χ1v) is 10.7. The number of ether oxygens (including phenoxy) is 1. The van der Waals surface area contributed by atoms with Crippen molar-refractivity contribution >= 4 is 40.8 Å². The summed E-state index contributed by atoms with van der Waals surface area (Å²) in [6.45, 7) is 2.77. The van der Waals surface area contributed by atoms with Crippen LogP contribution in [0.15, 0.2) is 39.1 Å². The molecule has 0 aliphatic carbocycles. The van der Waals surface area contributed by atoms with Crippen molar-refractivity contribution in [3.05, 3.63) is 50.4 Å². The number of thioether (sulfide) groups is 2. The molecular weight excluding hydrogens is 416 g/mol. The van der Waals surface area contributed by atoms with Gasteiger partial charge >= 0.3 is 0 Å². The number of methoxy groups -OCH3 is 1. The summed E-state index contributed by atoms with van der Waals surface area (Å²) in [5.74, 6) is -0.239. The van der Waals surface area contributed by atoms with Gasteiger partial charge in [0.25, 0.3) is 11.2 Å². The monoisotopic (exact) mass is 436 g/mol. The second kappa shape index (κ2) is 9.42. The summed E-state index contributed by atoms with van der Waals surface area (Å²) in [6, 6.07) is 5.60. The van der Waals surface area contributed by atoms with Gasteiger partial charge in [0, 0.05) is 36.6 Å². The van der Waals surface area contributed by atoms with Gasteiger partial charge in [-0.1, -0.05) is 18.7 Å². The summed E-state index contributed by atoms with van der Waals surface area (Å²) >= 11 is 2.71. The molecule has 1 atom stereocenters. The SMILES string of the molecule is COCCn1c(SCC(=O)Nc2ccc([N+](=O)[O-])cc2)nc2c(c1=O)SC(C)C2. The van der Waals surface area contributed by atoms with Crippen LogP contribution in [0.3, 0.4) is 0 Å². The molecule has 29 heavy (non-hydrogen) atoms. The standard InChI is InChI=1S/C18H20N4O5S2/c1-11-9-14-16(29-11)17(24)21(7-8-27-2)18(20-14)28-10-15(23)19-12-3-5-13(6-4-12)22(25)26/h3-6,11H,7-10H2,1-2H3,(H,19,23). The van der Waals surface area contributed by atoms with E-state index in [-0.39, 0.29) is 22.9 Å². The van der Waals surface area contributed by atoms with E-state index >= 15 is 0 Å². The van der Waals surface area contributed by atoms with E-state index < -0.39 is 4.92 Å². The maximum absolute atomic E-state index is 12.8. The smallest absolute Gasteiger partial charge is 0.269 e. The molecule has 1 N–H and O–H groups in total. The van der Waals surface area contributed by atoms with Crippen molar-refractivity contribution in [3.63, 3.8) is 0 Å². The zero-order valence-corrected chi connectivity index (χ0v) is 17.5. The second-order valence-corrected chi connectivity index (χ2v) is 8.78. The van der Waals surface area contributed by atoms with Gasteiger partial charge < -0.3 is 10.1 Å². The van der Waals surface area contributed by atoms with Crippen molar-refractivity contribution in [2.24, 2.45) is 0 Å². The van der Waals surface area contributed by atoms with Crippen LogP contribution in [0.1, 0.15) is 12.6 Å². The zero-order chi connectivity index (χ0) is 21.0. The molecular formula is C18H20N4O5S2. The number of benzene rings is 1. The number of carbonyl (C=O) groups excluding carboxylic acids is 1. The van der Waals surface area contributed by atoms with Crippen LogP contribution in [0.2, 0.25) is 0 Å². The summed E-state index contributed by atoms with van der Waals surface area (Å²) in [7, 11) is 1.56. The molecule has 1 unspecified atom stereocenters. The first-order chi connectivity index (χ1) is 13.9. The number of fused-ring (bicyclic) bond motifs is 1. The molecule has 0 bridgehead atoms. The van der Waals surface area contributed by atoms with Gasteiger partial charge in [0.2, 0.25) is 5.91 Å². The number of nitrogens with one attached hydrogen (secondary N) is 1. The lowest BCUT2D eigenvalue weighted by Crippen LogP contribution is -2.27. The molecule has 9 nitrogen and oxygen atoms in total.